The molecule has 1 aromatic heterocycles. The molecule has 2 unspecified atom stereocenters. The summed E-state index contributed by atoms with van der Waals surface area (Å²) in [6.07, 6.45) is -3.50. The fraction of sp³-hybridized carbons (Fsp3) is 0.333. The first-order chi connectivity index (χ1) is 15.7. The van der Waals surface area contributed by atoms with Crippen LogP contribution in [0.2, 0.25) is 0 Å². The highest BCUT2D eigenvalue weighted by Gasteiger charge is 2.31. The number of anilines is 1. The number of nitrogens with one attached hydrogen (secondary N) is 2. The summed E-state index contributed by atoms with van der Waals surface area (Å²) in [5, 5.41) is 3.48. The third kappa shape index (κ3) is 6.01. The number of sulfonamides is 1. The molecule has 176 valence electrons. The maximum atomic E-state index is 12.9. The lowest BCUT2D eigenvalue weighted by molar-refractivity contribution is -0.136. The minimum atomic E-state index is -4.26. The van der Waals surface area contributed by atoms with Crippen LogP contribution >= 0.6 is 11.5 Å². The van der Waals surface area contributed by atoms with Crippen LogP contribution in [0.5, 0.6) is 5.75 Å². The molecule has 7 nitrogen and oxygen atoms in total. The van der Waals surface area contributed by atoms with Crippen LogP contribution in [0.15, 0.2) is 59.8 Å². The van der Waals surface area contributed by atoms with Crippen LogP contribution in [0.1, 0.15) is 42.5 Å². The summed E-state index contributed by atoms with van der Waals surface area (Å²) in [5.74, 6) is 0.376. The van der Waals surface area contributed by atoms with Gasteiger partial charge in [0.25, 0.3) is 10.0 Å². The largest absolute Gasteiger partial charge is 0.493 e. The maximum Gasteiger partial charge on any atom is 0.389 e. The van der Waals surface area contributed by atoms with Crippen molar-refractivity contribution >= 4 is 26.7 Å². The van der Waals surface area contributed by atoms with E-state index in [-0.39, 0.29) is 22.5 Å². The smallest absolute Gasteiger partial charge is 0.389 e. The maximum absolute atomic E-state index is 12.9. The zero-order valence-corrected chi connectivity index (χ0v) is 18.9. The molecule has 0 saturated carbocycles. The number of ether oxygens (including phenoxy) is 1. The van der Waals surface area contributed by atoms with E-state index in [1.165, 1.54) is 18.5 Å². The summed E-state index contributed by atoms with van der Waals surface area (Å²) in [4.78, 5) is 3.81. The molecule has 0 spiro atoms. The van der Waals surface area contributed by atoms with E-state index in [1.54, 1.807) is 30.3 Å². The Hall–Kier alpha value is -2.70. The van der Waals surface area contributed by atoms with Crippen molar-refractivity contribution in [2.75, 3.05) is 11.3 Å². The van der Waals surface area contributed by atoms with Crippen LogP contribution in [0.25, 0.3) is 0 Å². The van der Waals surface area contributed by atoms with Gasteiger partial charge < -0.3 is 10.1 Å². The number of hydrogen-bond acceptors (Lipinski definition) is 7. The van der Waals surface area contributed by atoms with Crippen molar-refractivity contribution in [2.45, 2.75) is 42.4 Å². The lowest BCUT2D eigenvalue weighted by Crippen LogP contribution is -2.31. The van der Waals surface area contributed by atoms with E-state index in [2.05, 4.69) is 19.4 Å². The van der Waals surface area contributed by atoms with E-state index in [9.17, 15) is 21.6 Å². The second-order valence-corrected chi connectivity index (χ2v) is 9.99. The number of aromatic nitrogens is 2. The minimum absolute atomic E-state index is 0.00576. The predicted octanol–water partition coefficient (Wildman–Crippen LogP) is 4.84. The third-order valence-electron chi connectivity index (χ3n) is 5.24. The first kappa shape index (κ1) is 23.5. The van der Waals surface area contributed by atoms with Crippen molar-refractivity contribution in [1.29, 1.82) is 0 Å². The molecule has 0 radical (unpaired) electrons. The van der Waals surface area contributed by atoms with Gasteiger partial charge in [0, 0.05) is 48.1 Å². The molecular weight excluding hydrogens is 477 g/mol. The van der Waals surface area contributed by atoms with E-state index in [1.807, 2.05) is 6.07 Å². The quantitative estimate of drug-likeness (QED) is 0.462. The van der Waals surface area contributed by atoms with Gasteiger partial charge in [0.2, 0.25) is 5.13 Å². The molecule has 1 aliphatic rings. The highest BCUT2D eigenvalue weighted by Crippen LogP contribution is 2.37. The van der Waals surface area contributed by atoms with Gasteiger partial charge in [-0.05, 0) is 18.1 Å². The number of halogens is 3. The van der Waals surface area contributed by atoms with Gasteiger partial charge in [-0.3, -0.25) is 4.72 Å². The first-order valence-electron chi connectivity index (χ1n) is 10.2. The van der Waals surface area contributed by atoms with E-state index in [4.69, 9.17) is 4.74 Å². The lowest BCUT2D eigenvalue weighted by Gasteiger charge is -2.31. The number of benzene rings is 2. The molecule has 33 heavy (non-hydrogen) atoms. The molecule has 0 saturated heterocycles. The fourth-order valence-corrected chi connectivity index (χ4v) is 5.36. The standard InChI is InChI=1S/C21H21F3N4O3S2/c22-21(23,24)10-8-17(14-4-2-1-3-5-14)27-18-9-11-31-19-12-15(6-7-16(18)19)33(29,30)28-20-25-13-26-32-20/h1-7,12-13,17-18,27H,8-11H2,(H,25,26,28). The molecule has 2 heterocycles. The van der Waals surface area contributed by atoms with E-state index in [0.29, 0.717) is 24.3 Å². The molecule has 3 aromatic rings. The average molecular weight is 499 g/mol. The van der Waals surface area contributed by atoms with Crippen LogP contribution in [-0.2, 0) is 10.0 Å². The molecular formula is C21H21F3N4O3S2. The summed E-state index contributed by atoms with van der Waals surface area (Å²) in [6.45, 7) is 0.304. The SMILES string of the molecule is O=S(=O)(Nc1ncns1)c1ccc2c(c1)OCCC2NC(CCC(F)(F)F)c1ccccc1. The Balaban J connectivity index is 1.56. The Bertz CT molecular complexity index is 1170. The van der Waals surface area contributed by atoms with Crippen molar-refractivity contribution in [2.24, 2.45) is 0 Å². The first-order valence-corrected chi connectivity index (χ1v) is 12.4. The number of rotatable bonds is 8. The molecule has 0 fully saturated rings. The lowest BCUT2D eigenvalue weighted by atomic mass is 9.96. The Morgan fingerprint density at radius 1 is 1.18 bits per heavy atom. The Morgan fingerprint density at radius 2 is 1.97 bits per heavy atom. The molecule has 2 atom stereocenters. The molecule has 0 amide bonds. The summed E-state index contributed by atoms with van der Waals surface area (Å²) < 4.78 is 75.9. The van der Waals surface area contributed by atoms with Crippen LogP contribution in [0.4, 0.5) is 18.3 Å². The molecule has 12 heteroatoms. The van der Waals surface area contributed by atoms with Crippen molar-refractivity contribution in [3.05, 3.63) is 66.0 Å². The summed E-state index contributed by atoms with van der Waals surface area (Å²) in [7, 11) is -3.89. The van der Waals surface area contributed by atoms with E-state index >= 15 is 0 Å². The zero-order chi connectivity index (χ0) is 23.5. The van der Waals surface area contributed by atoms with Crippen LogP contribution in [0.3, 0.4) is 0 Å². The van der Waals surface area contributed by atoms with E-state index in [0.717, 1.165) is 17.1 Å². The van der Waals surface area contributed by atoms with Gasteiger partial charge in [-0.2, -0.15) is 17.5 Å². The molecule has 4 rings (SSSR count). The molecule has 2 N–H and O–H groups in total. The topological polar surface area (TPSA) is 93.2 Å². The van der Waals surface area contributed by atoms with E-state index < -0.39 is 28.7 Å². The second kappa shape index (κ2) is 9.65. The minimum Gasteiger partial charge on any atom is -0.493 e. The van der Waals surface area contributed by atoms with Gasteiger partial charge in [-0.1, -0.05) is 36.4 Å². The van der Waals surface area contributed by atoms with Crippen molar-refractivity contribution in [3.8, 4) is 5.75 Å². The zero-order valence-electron chi connectivity index (χ0n) is 17.2. The summed E-state index contributed by atoms with van der Waals surface area (Å²) in [6, 6.07) is 12.7. The molecule has 0 bridgehead atoms. The highest BCUT2D eigenvalue weighted by atomic mass is 32.2. The summed E-state index contributed by atoms with van der Waals surface area (Å²) in [5.41, 5.74) is 1.46. The summed E-state index contributed by atoms with van der Waals surface area (Å²) >= 11 is 0.912. The van der Waals surface area contributed by atoms with Crippen LogP contribution in [-0.4, -0.2) is 30.6 Å². The number of alkyl halides is 3. The van der Waals surface area contributed by atoms with Crippen LogP contribution in [0, 0.1) is 0 Å². The van der Waals surface area contributed by atoms with Crippen molar-refractivity contribution in [1.82, 2.24) is 14.7 Å². The van der Waals surface area contributed by atoms with Crippen LogP contribution < -0.4 is 14.8 Å². The van der Waals surface area contributed by atoms with Gasteiger partial charge >= 0.3 is 6.18 Å². The number of nitrogens with zero attached hydrogens (tertiary/aromatic N) is 2. The molecule has 1 aliphatic heterocycles. The second-order valence-electron chi connectivity index (χ2n) is 7.53. The number of fused-ring (bicyclic) bond motifs is 1. The van der Waals surface area contributed by atoms with Crippen molar-refractivity contribution < 1.29 is 26.3 Å². The Labute approximate surface area is 193 Å². The monoisotopic (exact) mass is 498 g/mol. The van der Waals surface area contributed by atoms with Gasteiger partial charge in [0.05, 0.1) is 11.5 Å². The number of hydrogen-bond donors (Lipinski definition) is 2. The highest BCUT2D eigenvalue weighted by molar-refractivity contribution is 7.93. The van der Waals surface area contributed by atoms with Gasteiger partial charge in [0.1, 0.15) is 12.1 Å². The fourth-order valence-electron chi connectivity index (χ4n) is 3.68. The average Bonchev–Trinajstić information content (AvgIpc) is 3.28. The van der Waals surface area contributed by atoms with Gasteiger partial charge in [-0.15, -0.1) is 0 Å². The Kier molecular flexibility index (Phi) is 6.86. The molecule has 2 aromatic carbocycles. The van der Waals surface area contributed by atoms with Gasteiger partial charge in [0.15, 0.2) is 0 Å². The third-order valence-corrected chi connectivity index (χ3v) is 7.28. The van der Waals surface area contributed by atoms with Crippen molar-refractivity contribution in [3.63, 3.8) is 0 Å². The predicted molar refractivity (Wildman–Crippen MR) is 118 cm³/mol. The normalized spacial score (nSPS) is 17.1. The Morgan fingerprint density at radius 3 is 2.67 bits per heavy atom. The molecule has 0 aliphatic carbocycles. The van der Waals surface area contributed by atoms with Gasteiger partial charge in [-0.25, -0.2) is 13.4 Å².